The van der Waals surface area contributed by atoms with E-state index in [0.29, 0.717) is 6.54 Å². The van der Waals surface area contributed by atoms with E-state index in [-0.39, 0.29) is 17.3 Å². The van der Waals surface area contributed by atoms with E-state index in [0.717, 1.165) is 48.1 Å². The van der Waals surface area contributed by atoms with Crippen molar-refractivity contribution in [2.45, 2.75) is 45.1 Å². The standard InChI is InChI=1S/C22H27NO3/c1-26-20(24)7-6-15-2-4-16(5-3-15)14-23-21(25)22-11-17-8-18(12-22)10-19(9-17)13-22/h2-7,17-19H,8-14H2,1H3,(H,23,25)/b7-6+. The van der Waals surface area contributed by atoms with E-state index in [2.05, 4.69) is 10.1 Å². The zero-order chi connectivity index (χ0) is 18.1. The van der Waals surface area contributed by atoms with Crippen molar-refractivity contribution in [3.05, 3.63) is 41.5 Å². The van der Waals surface area contributed by atoms with Crippen LogP contribution in [-0.4, -0.2) is 19.0 Å². The highest BCUT2D eigenvalue weighted by Crippen LogP contribution is 2.60. The molecule has 4 nitrogen and oxygen atoms in total. The average molecular weight is 353 g/mol. The number of nitrogens with one attached hydrogen (secondary N) is 1. The van der Waals surface area contributed by atoms with Gasteiger partial charge in [-0.1, -0.05) is 24.3 Å². The SMILES string of the molecule is COC(=O)/C=C/c1ccc(CNC(=O)C23CC4CC(CC(C4)C2)C3)cc1. The summed E-state index contributed by atoms with van der Waals surface area (Å²) in [5.41, 5.74) is 1.93. The summed E-state index contributed by atoms with van der Waals surface area (Å²) < 4.78 is 4.59. The summed E-state index contributed by atoms with van der Waals surface area (Å²) in [5, 5.41) is 3.20. The summed E-state index contributed by atoms with van der Waals surface area (Å²) in [4.78, 5) is 24.1. The molecule has 0 aliphatic heterocycles. The zero-order valence-electron chi connectivity index (χ0n) is 15.4. The van der Waals surface area contributed by atoms with Crippen molar-refractivity contribution in [2.75, 3.05) is 7.11 Å². The summed E-state index contributed by atoms with van der Waals surface area (Å²) >= 11 is 0. The van der Waals surface area contributed by atoms with E-state index < -0.39 is 0 Å². The Morgan fingerprint density at radius 1 is 1.08 bits per heavy atom. The Hall–Kier alpha value is -2.10. The molecule has 0 atom stereocenters. The number of hydrogen-bond donors (Lipinski definition) is 1. The van der Waals surface area contributed by atoms with Gasteiger partial charge in [0.15, 0.2) is 0 Å². The summed E-state index contributed by atoms with van der Waals surface area (Å²) in [6.45, 7) is 0.571. The van der Waals surface area contributed by atoms with Crippen LogP contribution in [0.5, 0.6) is 0 Å². The Morgan fingerprint density at radius 2 is 1.65 bits per heavy atom. The van der Waals surface area contributed by atoms with Gasteiger partial charge in [0.1, 0.15) is 0 Å². The molecule has 4 aliphatic carbocycles. The molecule has 0 saturated heterocycles. The van der Waals surface area contributed by atoms with E-state index in [1.165, 1.54) is 32.4 Å². The first kappa shape index (κ1) is 17.3. The van der Waals surface area contributed by atoms with Crippen molar-refractivity contribution in [1.29, 1.82) is 0 Å². The molecule has 4 bridgehead atoms. The van der Waals surface area contributed by atoms with Gasteiger partial charge in [0, 0.05) is 18.0 Å². The topological polar surface area (TPSA) is 55.4 Å². The van der Waals surface area contributed by atoms with E-state index in [1.807, 2.05) is 24.3 Å². The third-order valence-corrected chi connectivity index (χ3v) is 6.57. The molecule has 1 aromatic carbocycles. The lowest BCUT2D eigenvalue weighted by molar-refractivity contribution is -0.146. The van der Waals surface area contributed by atoms with Gasteiger partial charge in [0.25, 0.3) is 0 Å². The van der Waals surface area contributed by atoms with E-state index in [9.17, 15) is 9.59 Å². The number of carbonyl (C=O) groups excluding carboxylic acids is 2. The Morgan fingerprint density at radius 3 is 2.19 bits per heavy atom. The lowest BCUT2D eigenvalue weighted by atomic mass is 9.49. The highest BCUT2D eigenvalue weighted by atomic mass is 16.5. The molecule has 0 radical (unpaired) electrons. The van der Waals surface area contributed by atoms with Crippen LogP contribution in [0.3, 0.4) is 0 Å². The molecule has 0 unspecified atom stereocenters. The summed E-state index contributed by atoms with van der Waals surface area (Å²) in [6.07, 6.45) is 10.5. The third kappa shape index (κ3) is 3.42. The highest BCUT2D eigenvalue weighted by Gasteiger charge is 2.54. The minimum absolute atomic E-state index is 0.0854. The largest absolute Gasteiger partial charge is 0.466 e. The van der Waals surface area contributed by atoms with Crippen LogP contribution in [0.25, 0.3) is 6.08 Å². The van der Waals surface area contributed by atoms with Crippen molar-refractivity contribution in [3.63, 3.8) is 0 Å². The first-order valence-corrected chi connectivity index (χ1v) is 9.69. The molecular weight excluding hydrogens is 326 g/mol. The maximum absolute atomic E-state index is 13.0. The molecule has 0 heterocycles. The van der Waals surface area contributed by atoms with Crippen LogP contribution < -0.4 is 5.32 Å². The number of amides is 1. The molecule has 1 N–H and O–H groups in total. The fourth-order valence-corrected chi connectivity index (χ4v) is 5.74. The maximum atomic E-state index is 13.0. The van der Waals surface area contributed by atoms with Gasteiger partial charge in [0.05, 0.1) is 7.11 Å². The third-order valence-electron chi connectivity index (χ3n) is 6.57. The molecule has 26 heavy (non-hydrogen) atoms. The zero-order valence-corrected chi connectivity index (χ0v) is 15.4. The number of methoxy groups -OCH3 is 1. The minimum atomic E-state index is -0.364. The first-order valence-electron chi connectivity index (χ1n) is 9.69. The molecule has 4 aliphatic rings. The predicted molar refractivity (Wildman–Crippen MR) is 99.9 cm³/mol. The number of ether oxygens (including phenoxy) is 1. The van der Waals surface area contributed by atoms with E-state index in [1.54, 1.807) is 6.08 Å². The van der Waals surface area contributed by atoms with Crippen LogP contribution in [0.1, 0.15) is 49.7 Å². The van der Waals surface area contributed by atoms with Gasteiger partial charge in [-0.2, -0.15) is 0 Å². The molecule has 1 aromatic rings. The van der Waals surface area contributed by atoms with E-state index >= 15 is 0 Å². The Labute approximate surface area is 155 Å². The fourth-order valence-electron chi connectivity index (χ4n) is 5.74. The number of esters is 1. The molecule has 138 valence electrons. The minimum Gasteiger partial charge on any atom is -0.466 e. The smallest absolute Gasteiger partial charge is 0.330 e. The van der Waals surface area contributed by atoms with Crippen molar-refractivity contribution in [3.8, 4) is 0 Å². The van der Waals surface area contributed by atoms with Gasteiger partial charge >= 0.3 is 5.97 Å². The predicted octanol–water partition coefficient (Wildman–Crippen LogP) is 3.71. The van der Waals surface area contributed by atoms with E-state index in [4.69, 9.17) is 0 Å². The molecule has 1 amide bonds. The summed E-state index contributed by atoms with van der Waals surface area (Å²) in [7, 11) is 1.36. The molecule has 4 fully saturated rings. The summed E-state index contributed by atoms with van der Waals surface area (Å²) in [5.74, 6) is 2.26. The Bertz CT molecular complexity index is 684. The maximum Gasteiger partial charge on any atom is 0.330 e. The molecule has 0 spiro atoms. The number of benzene rings is 1. The lowest BCUT2D eigenvalue weighted by Gasteiger charge is -2.55. The van der Waals surface area contributed by atoms with Gasteiger partial charge in [0.2, 0.25) is 5.91 Å². The second-order valence-corrected chi connectivity index (χ2v) is 8.48. The number of carbonyl (C=O) groups is 2. The van der Waals surface area contributed by atoms with Crippen LogP contribution in [-0.2, 0) is 20.9 Å². The van der Waals surface area contributed by atoms with Crippen LogP contribution in [0, 0.1) is 23.2 Å². The van der Waals surface area contributed by atoms with Crippen molar-refractivity contribution < 1.29 is 14.3 Å². The molecule has 4 saturated carbocycles. The molecular formula is C22H27NO3. The van der Waals surface area contributed by atoms with Gasteiger partial charge in [-0.15, -0.1) is 0 Å². The second-order valence-electron chi connectivity index (χ2n) is 8.48. The molecule has 0 aromatic heterocycles. The van der Waals surface area contributed by atoms with Crippen LogP contribution in [0.15, 0.2) is 30.3 Å². The normalized spacial score (nSPS) is 32.0. The van der Waals surface area contributed by atoms with Gasteiger partial charge < -0.3 is 10.1 Å². The van der Waals surface area contributed by atoms with Crippen LogP contribution in [0.2, 0.25) is 0 Å². The monoisotopic (exact) mass is 353 g/mol. The molecule has 5 rings (SSSR count). The first-order chi connectivity index (χ1) is 12.6. The second kappa shape index (κ2) is 6.90. The Kier molecular flexibility index (Phi) is 4.60. The van der Waals surface area contributed by atoms with Gasteiger partial charge in [-0.25, -0.2) is 4.79 Å². The number of hydrogen-bond acceptors (Lipinski definition) is 3. The lowest BCUT2D eigenvalue weighted by Crippen LogP contribution is -2.53. The molecule has 4 heteroatoms. The van der Waals surface area contributed by atoms with Crippen molar-refractivity contribution in [1.82, 2.24) is 5.32 Å². The van der Waals surface area contributed by atoms with Gasteiger partial charge in [-0.3, -0.25) is 4.79 Å². The quantitative estimate of drug-likeness (QED) is 0.649. The summed E-state index contributed by atoms with van der Waals surface area (Å²) in [6, 6.07) is 7.89. The average Bonchev–Trinajstić information content (AvgIpc) is 2.63. The van der Waals surface area contributed by atoms with Crippen LogP contribution >= 0.6 is 0 Å². The highest BCUT2D eigenvalue weighted by molar-refractivity contribution is 5.87. The Balaban J connectivity index is 1.35. The fraction of sp³-hybridized carbons (Fsp3) is 0.545. The number of rotatable bonds is 5. The van der Waals surface area contributed by atoms with Crippen molar-refractivity contribution >= 4 is 18.0 Å². The van der Waals surface area contributed by atoms with Crippen molar-refractivity contribution in [2.24, 2.45) is 23.2 Å². The van der Waals surface area contributed by atoms with Gasteiger partial charge in [-0.05, 0) is 73.5 Å². The van der Waals surface area contributed by atoms with Crippen LogP contribution in [0.4, 0.5) is 0 Å².